The minimum atomic E-state index is -0.804. The molecule has 0 unspecified atom stereocenters. The van der Waals surface area contributed by atoms with Crippen LogP contribution in [-0.2, 0) is 6.42 Å². The lowest BCUT2D eigenvalue weighted by molar-refractivity contribution is -0.383. The van der Waals surface area contributed by atoms with E-state index in [0.717, 1.165) is 18.0 Å². The van der Waals surface area contributed by atoms with Crippen molar-refractivity contribution in [2.75, 3.05) is 10.7 Å². The third kappa shape index (κ3) is 4.43. The van der Waals surface area contributed by atoms with Gasteiger partial charge in [0.1, 0.15) is 12.1 Å². The fourth-order valence-corrected chi connectivity index (χ4v) is 2.64. The summed E-state index contributed by atoms with van der Waals surface area (Å²) in [5.74, 6) is -1.82. The highest BCUT2D eigenvalue weighted by Gasteiger charge is 2.24. The van der Waals surface area contributed by atoms with Gasteiger partial charge >= 0.3 is 5.69 Å². The molecule has 0 aliphatic heterocycles. The molecule has 3 aromatic rings. The molecule has 29 heavy (non-hydrogen) atoms. The third-order valence-corrected chi connectivity index (χ3v) is 4.07. The predicted molar refractivity (Wildman–Crippen MR) is 105 cm³/mol. The number of carbonyl (C=O) groups is 1. The molecule has 148 valence electrons. The Bertz CT molecular complexity index is 1060. The van der Waals surface area contributed by atoms with E-state index in [9.17, 15) is 19.3 Å². The molecule has 0 aliphatic rings. The minimum Gasteiger partial charge on any atom is -0.334 e. The number of hydrazine groups is 1. The maximum Gasteiger partial charge on any atom is 0.355 e. The van der Waals surface area contributed by atoms with E-state index >= 15 is 0 Å². The van der Waals surface area contributed by atoms with Crippen LogP contribution in [0.3, 0.4) is 0 Å². The van der Waals surface area contributed by atoms with Crippen LogP contribution in [0.25, 0.3) is 0 Å². The number of aromatic nitrogens is 2. The summed E-state index contributed by atoms with van der Waals surface area (Å²) in [6, 6.07) is 12.7. The van der Waals surface area contributed by atoms with E-state index in [1.807, 2.05) is 19.1 Å². The van der Waals surface area contributed by atoms with Gasteiger partial charge in [-0.15, -0.1) is 0 Å². The summed E-state index contributed by atoms with van der Waals surface area (Å²) >= 11 is 0. The molecule has 9 nitrogen and oxygen atoms in total. The lowest BCUT2D eigenvalue weighted by Gasteiger charge is -2.13. The first-order valence-corrected chi connectivity index (χ1v) is 8.66. The number of hydrogen-bond donors (Lipinski definition) is 3. The molecule has 0 aliphatic carbocycles. The van der Waals surface area contributed by atoms with Gasteiger partial charge in [-0.1, -0.05) is 37.3 Å². The highest BCUT2D eigenvalue weighted by Crippen LogP contribution is 2.31. The van der Waals surface area contributed by atoms with Gasteiger partial charge in [-0.05, 0) is 30.2 Å². The lowest BCUT2D eigenvalue weighted by atomic mass is 10.1. The summed E-state index contributed by atoms with van der Waals surface area (Å²) < 4.78 is 13.7. The number of halogens is 1. The Kier molecular flexibility index (Phi) is 5.93. The van der Waals surface area contributed by atoms with Crippen molar-refractivity contribution in [2.24, 2.45) is 0 Å². The summed E-state index contributed by atoms with van der Waals surface area (Å²) in [7, 11) is 0. The van der Waals surface area contributed by atoms with Crippen molar-refractivity contribution in [1.82, 2.24) is 15.4 Å². The van der Waals surface area contributed by atoms with E-state index < -0.39 is 22.3 Å². The third-order valence-electron chi connectivity index (χ3n) is 4.07. The molecule has 0 fully saturated rings. The highest BCUT2D eigenvalue weighted by atomic mass is 19.1. The quantitative estimate of drug-likeness (QED) is 0.412. The van der Waals surface area contributed by atoms with Gasteiger partial charge in [-0.3, -0.25) is 25.8 Å². The highest BCUT2D eigenvalue weighted by molar-refractivity contribution is 5.95. The van der Waals surface area contributed by atoms with Gasteiger partial charge in [-0.25, -0.2) is 14.4 Å². The molecule has 2 aromatic carbocycles. The second-order valence-corrected chi connectivity index (χ2v) is 5.87. The van der Waals surface area contributed by atoms with Crippen molar-refractivity contribution in [2.45, 2.75) is 13.3 Å². The van der Waals surface area contributed by atoms with Crippen LogP contribution >= 0.6 is 0 Å². The van der Waals surface area contributed by atoms with Crippen molar-refractivity contribution in [3.63, 3.8) is 0 Å². The molecule has 0 bridgehead atoms. The Balaban J connectivity index is 1.86. The molecule has 3 N–H and O–H groups in total. The van der Waals surface area contributed by atoms with Gasteiger partial charge < -0.3 is 5.32 Å². The molecular formula is C19H17FN6O3. The van der Waals surface area contributed by atoms with Crippen molar-refractivity contribution < 1.29 is 14.1 Å². The van der Waals surface area contributed by atoms with Crippen LogP contribution in [-0.4, -0.2) is 20.8 Å². The monoisotopic (exact) mass is 396 g/mol. The number of amides is 1. The number of nitrogens with zero attached hydrogens (tertiary/aromatic N) is 3. The molecular weight excluding hydrogens is 379 g/mol. The first kappa shape index (κ1) is 19.7. The zero-order chi connectivity index (χ0) is 20.8. The number of rotatable bonds is 7. The molecule has 1 heterocycles. The van der Waals surface area contributed by atoms with Gasteiger partial charge in [0, 0.05) is 5.69 Å². The molecule has 1 aromatic heterocycles. The number of aryl methyl sites for hydroxylation is 1. The van der Waals surface area contributed by atoms with E-state index in [2.05, 4.69) is 26.1 Å². The summed E-state index contributed by atoms with van der Waals surface area (Å²) in [5.41, 5.74) is 5.52. The van der Waals surface area contributed by atoms with Gasteiger partial charge in [-0.2, -0.15) is 0 Å². The van der Waals surface area contributed by atoms with E-state index in [4.69, 9.17) is 0 Å². The van der Waals surface area contributed by atoms with E-state index in [0.29, 0.717) is 12.1 Å². The zero-order valence-electron chi connectivity index (χ0n) is 15.3. The van der Waals surface area contributed by atoms with Gasteiger partial charge in [0.05, 0.1) is 10.5 Å². The van der Waals surface area contributed by atoms with Crippen LogP contribution in [0.4, 0.5) is 27.4 Å². The van der Waals surface area contributed by atoms with E-state index in [1.54, 1.807) is 12.1 Å². The lowest BCUT2D eigenvalue weighted by Crippen LogP contribution is -2.31. The van der Waals surface area contributed by atoms with Crippen LogP contribution in [0, 0.1) is 15.9 Å². The number of nitro groups is 1. The largest absolute Gasteiger partial charge is 0.355 e. The number of nitrogens with one attached hydrogen (secondary N) is 3. The fourth-order valence-electron chi connectivity index (χ4n) is 2.64. The number of hydrogen-bond acceptors (Lipinski definition) is 7. The van der Waals surface area contributed by atoms with Crippen molar-refractivity contribution in [1.29, 1.82) is 0 Å². The van der Waals surface area contributed by atoms with Gasteiger partial charge in [0.2, 0.25) is 11.6 Å². The van der Waals surface area contributed by atoms with Crippen LogP contribution in [0.5, 0.6) is 0 Å². The Morgan fingerprint density at radius 3 is 2.52 bits per heavy atom. The smallest absolute Gasteiger partial charge is 0.334 e. The molecule has 1 amide bonds. The van der Waals surface area contributed by atoms with Crippen molar-refractivity contribution in [3.05, 3.63) is 81.9 Å². The standard InChI is InChI=1S/C19H17FN6O3/c1-2-12-7-3-6-10-15(12)23-17-16(26(28)29)18(22-11-21-17)24-25-19(27)13-8-4-5-9-14(13)20/h3-11H,2H2,1H3,(H,25,27)(H2,21,22,23,24). The molecule has 0 spiro atoms. The minimum absolute atomic E-state index is 0.0476. The molecule has 10 heteroatoms. The number of para-hydroxylation sites is 1. The van der Waals surface area contributed by atoms with Gasteiger partial charge in [0.15, 0.2) is 0 Å². The van der Waals surface area contributed by atoms with Crippen LogP contribution in [0.15, 0.2) is 54.9 Å². The van der Waals surface area contributed by atoms with Crippen LogP contribution in [0.2, 0.25) is 0 Å². The van der Waals surface area contributed by atoms with Crippen molar-refractivity contribution in [3.8, 4) is 0 Å². The normalized spacial score (nSPS) is 10.3. The van der Waals surface area contributed by atoms with Crippen molar-refractivity contribution >= 4 is 28.9 Å². The van der Waals surface area contributed by atoms with Crippen LogP contribution < -0.4 is 16.2 Å². The predicted octanol–water partition coefficient (Wildman–Crippen LogP) is 3.59. The molecule has 0 atom stereocenters. The maximum atomic E-state index is 13.7. The number of anilines is 3. The summed E-state index contributed by atoms with van der Waals surface area (Å²) in [6.07, 6.45) is 1.83. The Hall–Kier alpha value is -4.08. The topological polar surface area (TPSA) is 122 Å². The second kappa shape index (κ2) is 8.74. The average molecular weight is 396 g/mol. The first-order valence-electron chi connectivity index (χ1n) is 8.66. The Morgan fingerprint density at radius 2 is 1.79 bits per heavy atom. The second-order valence-electron chi connectivity index (χ2n) is 5.87. The molecule has 3 rings (SSSR count). The summed E-state index contributed by atoms with van der Waals surface area (Å²) in [4.78, 5) is 30.9. The molecule has 0 saturated heterocycles. The van der Waals surface area contributed by atoms with Gasteiger partial charge in [0.25, 0.3) is 5.91 Å². The zero-order valence-corrected chi connectivity index (χ0v) is 15.3. The molecule has 0 saturated carbocycles. The molecule has 0 radical (unpaired) electrons. The Labute approximate surface area is 165 Å². The first-order chi connectivity index (χ1) is 14.0. The summed E-state index contributed by atoms with van der Waals surface area (Å²) in [6.45, 7) is 1.96. The number of carbonyl (C=O) groups excluding carboxylic acids is 1. The number of benzene rings is 2. The maximum absolute atomic E-state index is 13.7. The fraction of sp³-hybridized carbons (Fsp3) is 0.105. The van der Waals surface area contributed by atoms with Crippen LogP contribution in [0.1, 0.15) is 22.8 Å². The van der Waals surface area contributed by atoms with E-state index in [1.165, 1.54) is 18.2 Å². The van der Waals surface area contributed by atoms with E-state index in [-0.39, 0.29) is 17.2 Å². The summed E-state index contributed by atoms with van der Waals surface area (Å²) in [5, 5.41) is 14.6. The SMILES string of the molecule is CCc1ccccc1Nc1ncnc(NNC(=O)c2ccccc2F)c1[N+](=O)[O-]. The Morgan fingerprint density at radius 1 is 1.10 bits per heavy atom. The average Bonchev–Trinajstić information content (AvgIpc) is 2.72.